The Labute approximate surface area is 85.4 Å². The van der Waals surface area contributed by atoms with E-state index in [0.29, 0.717) is 0 Å². The molecule has 2 aromatic rings. The van der Waals surface area contributed by atoms with Crippen molar-refractivity contribution in [1.29, 1.82) is 0 Å². The summed E-state index contributed by atoms with van der Waals surface area (Å²) in [7, 11) is 0. The Hall–Kier alpha value is -1.24. The molecule has 1 aromatic carbocycles. The van der Waals surface area contributed by atoms with E-state index in [0.717, 1.165) is 6.54 Å². The summed E-state index contributed by atoms with van der Waals surface area (Å²) in [6.45, 7) is 5.49. The fraction of sp³-hybridized carbons (Fsp3) is 0.385. The van der Waals surface area contributed by atoms with Gasteiger partial charge in [-0.3, -0.25) is 0 Å². The van der Waals surface area contributed by atoms with Gasteiger partial charge in [-0.15, -0.1) is 0 Å². The second-order valence-electron chi connectivity index (χ2n) is 3.71. The Morgan fingerprint density at radius 1 is 1.14 bits per heavy atom. The van der Waals surface area contributed by atoms with Crippen molar-refractivity contribution in [3.63, 3.8) is 0 Å². The van der Waals surface area contributed by atoms with Crippen LogP contribution in [0.3, 0.4) is 0 Å². The molecule has 0 saturated carbocycles. The molecular weight excluding hydrogens is 170 g/mol. The summed E-state index contributed by atoms with van der Waals surface area (Å²) in [6.07, 6.45) is 4.58. The maximum absolute atomic E-state index is 2.33. The summed E-state index contributed by atoms with van der Waals surface area (Å²) >= 11 is 0. The van der Waals surface area contributed by atoms with E-state index in [2.05, 4.69) is 48.9 Å². The zero-order chi connectivity index (χ0) is 9.97. The quantitative estimate of drug-likeness (QED) is 0.691. The van der Waals surface area contributed by atoms with Crippen LogP contribution in [0.5, 0.6) is 0 Å². The number of fused-ring (bicyclic) bond motifs is 1. The van der Waals surface area contributed by atoms with E-state index in [1.54, 1.807) is 0 Å². The lowest BCUT2D eigenvalue weighted by atomic mass is 10.1. The number of aromatic nitrogens is 1. The van der Waals surface area contributed by atoms with Gasteiger partial charge in [0.05, 0.1) is 5.52 Å². The van der Waals surface area contributed by atoms with Crippen molar-refractivity contribution in [3.8, 4) is 0 Å². The van der Waals surface area contributed by atoms with E-state index in [4.69, 9.17) is 0 Å². The second kappa shape index (κ2) is 3.87. The van der Waals surface area contributed by atoms with E-state index < -0.39 is 0 Å². The van der Waals surface area contributed by atoms with Crippen LogP contribution in [0.25, 0.3) is 10.9 Å². The molecule has 0 N–H and O–H groups in total. The van der Waals surface area contributed by atoms with Gasteiger partial charge in [0, 0.05) is 12.7 Å². The van der Waals surface area contributed by atoms with Gasteiger partial charge in [-0.05, 0) is 30.4 Å². The van der Waals surface area contributed by atoms with Crippen molar-refractivity contribution in [2.45, 2.75) is 33.2 Å². The normalized spacial score (nSPS) is 11.0. The third kappa shape index (κ3) is 1.43. The van der Waals surface area contributed by atoms with Crippen molar-refractivity contribution in [1.82, 2.24) is 4.57 Å². The summed E-state index contributed by atoms with van der Waals surface area (Å²) in [4.78, 5) is 0. The number of para-hydroxylation sites is 1. The molecule has 14 heavy (non-hydrogen) atoms. The fourth-order valence-electron chi connectivity index (χ4n) is 2.08. The first-order chi connectivity index (χ1) is 6.86. The Balaban J connectivity index is 2.62. The first-order valence-electron chi connectivity index (χ1n) is 5.43. The van der Waals surface area contributed by atoms with Gasteiger partial charge >= 0.3 is 0 Å². The topological polar surface area (TPSA) is 4.93 Å². The van der Waals surface area contributed by atoms with E-state index in [9.17, 15) is 0 Å². The highest BCUT2D eigenvalue weighted by Gasteiger charge is 2.03. The smallest absolute Gasteiger partial charge is 0.0512 e. The molecule has 2 rings (SSSR count). The number of rotatable bonds is 3. The van der Waals surface area contributed by atoms with Gasteiger partial charge in [-0.2, -0.15) is 0 Å². The Bertz CT molecular complexity index is 426. The maximum Gasteiger partial charge on any atom is 0.0512 e. The van der Waals surface area contributed by atoms with Crippen LogP contribution in [0.15, 0.2) is 30.5 Å². The minimum Gasteiger partial charge on any atom is -0.348 e. The van der Waals surface area contributed by atoms with Crippen LogP contribution in [-0.4, -0.2) is 4.57 Å². The molecule has 1 aromatic heterocycles. The fourth-order valence-corrected chi connectivity index (χ4v) is 2.08. The minimum absolute atomic E-state index is 1.06. The van der Waals surface area contributed by atoms with Crippen LogP contribution < -0.4 is 0 Å². The number of aryl methyl sites for hydroxylation is 2. The van der Waals surface area contributed by atoms with Gasteiger partial charge in [-0.25, -0.2) is 0 Å². The average Bonchev–Trinajstić information content (AvgIpc) is 2.62. The number of benzene rings is 1. The summed E-state index contributed by atoms with van der Waals surface area (Å²) in [6, 6.07) is 8.81. The molecular formula is C13H17N. The molecule has 0 radical (unpaired) electrons. The molecule has 0 bridgehead atoms. The highest BCUT2D eigenvalue weighted by molar-refractivity contribution is 5.83. The summed E-state index contributed by atoms with van der Waals surface area (Å²) < 4.78 is 2.33. The average molecular weight is 187 g/mol. The van der Waals surface area contributed by atoms with Crippen LogP contribution in [-0.2, 0) is 13.0 Å². The van der Waals surface area contributed by atoms with E-state index in [1.165, 1.54) is 29.3 Å². The second-order valence-corrected chi connectivity index (χ2v) is 3.71. The zero-order valence-corrected chi connectivity index (χ0v) is 8.96. The highest BCUT2D eigenvalue weighted by Crippen LogP contribution is 2.21. The Kier molecular flexibility index (Phi) is 2.58. The largest absolute Gasteiger partial charge is 0.348 e. The van der Waals surface area contributed by atoms with Gasteiger partial charge in [0.2, 0.25) is 0 Å². The Morgan fingerprint density at radius 3 is 2.71 bits per heavy atom. The van der Waals surface area contributed by atoms with Crippen LogP contribution >= 0.6 is 0 Å². The van der Waals surface area contributed by atoms with Gasteiger partial charge in [0.15, 0.2) is 0 Å². The molecule has 1 heterocycles. The van der Waals surface area contributed by atoms with Crippen LogP contribution in [0.4, 0.5) is 0 Å². The molecule has 0 fully saturated rings. The van der Waals surface area contributed by atoms with E-state index >= 15 is 0 Å². The van der Waals surface area contributed by atoms with E-state index in [-0.39, 0.29) is 0 Å². The molecule has 74 valence electrons. The Morgan fingerprint density at radius 2 is 2.00 bits per heavy atom. The lowest BCUT2D eigenvalue weighted by Crippen LogP contribution is -1.95. The van der Waals surface area contributed by atoms with Gasteiger partial charge in [0.25, 0.3) is 0 Å². The number of nitrogens with zero attached hydrogens (tertiary/aromatic N) is 1. The number of hydrogen-bond donors (Lipinski definition) is 0. The lowest BCUT2D eigenvalue weighted by Gasteiger charge is -2.06. The molecule has 0 aliphatic carbocycles. The summed E-state index contributed by atoms with van der Waals surface area (Å²) in [5.74, 6) is 0. The highest BCUT2D eigenvalue weighted by atomic mass is 14.9. The third-order valence-corrected chi connectivity index (χ3v) is 2.73. The van der Waals surface area contributed by atoms with Crippen molar-refractivity contribution in [2.24, 2.45) is 0 Å². The molecule has 0 aliphatic rings. The van der Waals surface area contributed by atoms with Crippen LogP contribution in [0.2, 0.25) is 0 Å². The summed E-state index contributed by atoms with van der Waals surface area (Å²) in [5.41, 5.74) is 2.91. The molecule has 0 aliphatic heterocycles. The predicted octanol–water partition coefficient (Wildman–Crippen LogP) is 3.61. The van der Waals surface area contributed by atoms with Crippen molar-refractivity contribution in [3.05, 3.63) is 36.0 Å². The maximum atomic E-state index is 2.33. The SMILES string of the molecule is CCCc1cccc2ccn(CC)c12. The molecule has 1 heteroatoms. The monoisotopic (exact) mass is 187 g/mol. The first-order valence-corrected chi connectivity index (χ1v) is 5.43. The van der Waals surface area contributed by atoms with Crippen molar-refractivity contribution in [2.75, 3.05) is 0 Å². The molecule has 0 spiro atoms. The zero-order valence-electron chi connectivity index (χ0n) is 8.96. The molecule has 0 unspecified atom stereocenters. The molecule has 0 amide bonds. The predicted molar refractivity (Wildman–Crippen MR) is 61.6 cm³/mol. The number of hydrogen-bond acceptors (Lipinski definition) is 0. The standard InChI is InChI=1S/C13H17N/c1-3-6-11-7-5-8-12-9-10-14(4-2)13(11)12/h5,7-10H,3-4,6H2,1-2H3. The molecule has 1 nitrogen and oxygen atoms in total. The minimum atomic E-state index is 1.06. The van der Waals surface area contributed by atoms with Gasteiger partial charge < -0.3 is 4.57 Å². The van der Waals surface area contributed by atoms with Gasteiger partial charge in [-0.1, -0.05) is 31.5 Å². The molecule has 0 saturated heterocycles. The summed E-state index contributed by atoms with van der Waals surface area (Å²) in [5, 5.41) is 1.37. The van der Waals surface area contributed by atoms with Crippen LogP contribution in [0.1, 0.15) is 25.8 Å². The van der Waals surface area contributed by atoms with E-state index in [1.807, 2.05) is 0 Å². The van der Waals surface area contributed by atoms with Crippen molar-refractivity contribution < 1.29 is 0 Å². The molecule has 0 atom stereocenters. The lowest BCUT2D eigenvalue weighted by molar-refractivity contribution is 0.789. The van der Waals surface area contributed by atoms with Crippen LogP contribution in [0, 0.1) is 0 Å². The van der Waals surface area contributed by atoms with Crippen molar-refractivity contribution >= 4 is 10.9 Å². The first kappa shape index (κ1) is 9.32. The third-order valence-electron chi connectivity index (χ3n) is 2.73. The van der Waals surface area contributed by atoms with Gasteiger partial charge in [0.1, 0.15) is 0 Å².